The number of nitrogens with one attached hydrogen (secondary N) is 1. The fourth-order valence-corrected chi connectivity index (χ4v) is 1.65. The Bertz CT molecular complexity index is 282. The zero-order chi connectivity index (χ0) is 11.1. The van der Waals surface area contributed by atoms with Crippen LogP contribution >= 0.6 is 0 Å². The van der Waals surface area contributed by atoms with Gasteiger partial charge in [0.1, 0.15) is 5.75 Å². The third-order valence-electron chi connectivity index (χ3n) is 2.89. The first-order chi connectivity index (χ1) is 7.27. The number of phenols is 1. The van der Waals surface area contributed by atoms with Crippen molar-refractivity contribution in [2.75, 3.05) is 6.54 Å². The van der Waals surface area contributed by atoms with E-state index in [1.165, 1.54) is 12.8 Å². The quantitative estimate of drug-likeness (QED) is 0.751. The molecule has 1 aromatic rings. The Morgan fingerprint density at radius 3 is 2.47 bits per heavy atom. The van der Waals surface area contributed by atoms with Crippen LogP contribution in [0.3, 0.4) is 0 Å². The molecule has 0 aliphatic carbocycles. The van der Waals surface area contributed by atoms with E-state index in [1.807, 2.05) is 18.2 Å². The molecule has 1 aromatic carbocycles. The minimum atomic E-state index is 0.384. The zero-order valence-electron chi connectivity index (χ0n) is 9.66. The van der Waals surface area contributed by atoms with Gasteiger partial charge in [-0.3, -0.25) is 0 Å². The predicted molar refractivity (Wildman–Crippen MR) is 63.9 cm³/mol. The summed E-state index contributed by atoms with van der Waals surface area (Å²) in [4.78, 5) is 0. The van der Waals surface area contributed by atoms with E-state index in [0.29, 0.717) is 5.75 Å². The van der Waals surface area contributed by atoms with Crippen molar-refractivity contribution in [1.82, 2.24) is 5.32 Å². The van der Waals surface area contributed by atoms with Crippen LogP contribution < -0.4 is 5.32 Å². The summed E-state index contributed by atoms with van der Waals surface area (Å²) in [7, 11) is 0. The van der Waals surface area contributed by atoms with Crippen molar-refractivity contribution in [3.63, 3.8) is 0 Å². The van der Waals surface area contributed by atoms with Crippen LogP contribution in [-0.2, 0) is 6.54 Å². The van der Waals surface area contributed by atoms with Gasteiger partial charge in [-0.2, -0.15) is 0 Å². The van der Waals surface area contributed by atoms with Crippen molar-refractivity contribution < 1.29 is 5.11 Å². The van der Waals surface area contributed by atoms with Crippen LogP contribution in [0, 0.1) is 5.92 Å². The van der Waals surface area contributed by atoms with Crippen LogP contribution in [0.5, 0.6) is 5.75 Å². The van der Waals surface area contributed by atoms with Gasteiger partial charge in [0.25, 0.3) is 0 Å². The number of para-hydroxylation sites is 1. The third kappa shape index (κ3) is 3.92. The van der Waals surface area contributed by atoms with E-state index < -0.39 is 0 Å². The lowest BCUT2D eigenvalue weighted by Crippen LogP contribution is -2.21. The summed E-state index contributed by atoms with van der Waals surface area (Å²) < 4.78 is 0. The standard InChI is InChI=1S/C13H21NO/c1-3-11(4-2)9-14-10-12-7-5-6-8-13(12)15/h5-8,11,14-15H,3-4,9-10H2,1-2H3. The monoisotopic (exact) mass is 207 g/mol. The van der Waals surface area contributed by atoms with Gasteiger partial charge in [0.05, 0.1) is 0 Å². The molecule has 0 atom stereocenters. The largest absolute Gasteiger partial charge is 0.508 e. The van der Waals surface area contributed by atoms with Gasteiger partial charge < -0.3 is 10.4 Å². The van der Waals surface area contributed by atoms with Gasteiger partial charge in [-0.15, -0.1) is 0 Å². The summed E-state index contributed by atoms with van der Waals surface area (Å²) in [5, 5.41) is 12.9. The number of benzene rings is 1. The van der Waals surface area contributed by atoms with Gasteiger partial charge >= 0.3 is 0 Å². The molecule has 0 bridgehead atoms. The van der Waals surface area contributed by atoms with E-state index >= 15 is 0 Å². The second-order valence-electron chi connectivity index (χ2n) is 3.94. The van der Waals surface area contributed by atoms with E-state index in [2.05, 4.69) is 19.2 Å². The molecule has 15 heavy (non-hydrogen) atoms. The molecule has 0 saturated heterocycles. The van der Waals surface area contributed by atoms with Gasteiger partial charge in [-0.05, 0) is 18.5 Å². The molecule has 0 spiro atoms. The average molecular weight is 207 g/mol. The first kappa shape index (κ1) is 12.1. The van der Waals surface area contributed by atoms with Crippen LogP contribution in [0.2, 0.25) is 0 Å². The topological polar surface area (TPSA) is 32.3 Å². The lowest BCUT2D eigenvalue weighted by Gasteiger charge is -2.13. The summed E-state index contributed by atoms with van der Waals surface area (Å²) in [6.45, 7) is 6.22. The Labute approximate surface area is 92.3 Å². The molecular weight excluding hydrogens is 186 g/mol. The molecule has 0 aliphatic heterocycles. The van der Waals surface area contributed by atoms with Crippen LogP contribution in [0.4, 0.5) is 0 Å². The van der Waals surface area contributed by atoms with Crippen molar-refractivity contribution in [2.45, 2.75) is 33.2 Å². The molecular formula is C13H21NO. The molecule has 0 aliphatic rings. The molecule has 0 heterocycles. The van der Waals surface area contributed by atoms with E-state index in [4.69, 9.17) is 0 Å². The Morgan fingerprint density at radius 2 is 1.87 bits per heavy atom. The molecule has 2 heteroatoms. The minimum Gasteiger partial charge on any atom is -0.508 e. The van der Waals surface area contributed by atoms with Gasteiger partial charge in [0.2, 0.25) is 0 Å². The summed E-state index contributed by atoms with van der Waals surface area (Å²) in [6, 6.07) is 7.48. The van der Waals surface area contributed by atoms with E-state index in [9.17, 15) is 5.11 Å². The van der Waals surface area contributed by atoms with E-state index in [0.717, 1.165) is 24.6 Å². The second-order valence-corrected chi connectivity index (χ2v) is 3.94. The highest BCUT2D eigenvalue weighted by atomic mass is 16.3. The summed E-state index contributed by atoms with van der Waals surface area (Å²) >= 11 is 0. The van der Waals surface area contributed by atoms with Crippen LogP contribution in [0.1, 0.15) is 32.3 Å². The molecule has 2 N–H and O–H groups in total. The number of rotatable bonds is 6. The Hall–Kier alpha value is -1.02. The molecule has 0 unspecified atom stereocenters. The van der Waals surface area contributed by atoms with E-state index in [1.54, 1.807) is 6.07 Å². The maximum atomic E-state index is 9.55. The summed E-state index contributed by atoms with van der Waals surface area (Å²) in [5.41, 5.74) is 0.975. The van der Waals surface area contributed by atoms with Gasteiger partial charge in [0, 0.05) is 12.1 Å². The van der Waals surface area contributed by atoms with Gasteiger partial charge in [-0.1, -0.05) is 44.9 Å². The lowest BCUT2D eigenvalue weighted by atomic mass is 10.0. The molecule has 2 nitrogen and oxygen atoms in total. The molecule has 0 fully saturated rings. The van der Waals surface area contributed by atoms with Crippen molar-refractivity contribution in [1.29, 1.82) is 0 Å². The third-order valence-corrected chi connectivity index (χ3v) is 2.89. The molecule has 0 radical (unpaired) electrons. The number of hydrogen-bond donors (Lipinski definition) is 2. The normalized spacial score (nSPS) is 10.9. The highest BCUT2D eigenvalue weighted by molar-refractivity contribution is 5.31. The number of phenolic OH excluding ortho intramolecular Hbond substituents is 1. The molecule has 0 amide bonds. The number of aromatic hydroxyl groups is 1. The molecule has 1 rings (SSSR count). The van der Waals surface area contributed by atoms with Gasteiger partial charge in [-0.25, -0.2) is 0 Å². The second kappa shape index (κ2) is 6.46. The van der Waals surface area contributed by atoms with Crippen molar-refractivity contribution in [3.8, 4) is 5.75 Å². The molecule has 84 valence electrons. The number of hydrogen-bond acceptors (Lipinski definition) is 2. The van der Waals surface area contributed by atoms with Crippen LogP contribution in [0.25, 0.3) is 0 Å². The molecule has 0 aromatic heterocycles. The fourth-order valence-electron chi connectivity index (χ4n) is 1.65. The first-order valence-corrected chi connectivity index (χ1v) is 5.75. The van der Waals surface area contributed by atoms with E-state index in [-0.39, 0.29) is 0 Å². The Balaban J connectivity index is 2.34. The summed E-state index contributed by atoms with van der Waals surface area (Å²) in [5.74, 6) is 1.13. The average Bonchev–Trinajstić information content (AvgIpc) is 2.27. The highest BCUT2D eigenvalue weighted by Gasteiger charge is 2.03. The zero-order valence-corrected chi connectivity index (χ0v) is 9.66. The van der Waals surface area contributed by atoms with Crippen molar-refractivity contribution in [3.05, 3.63) is 29.8 Å². The van der Waals surface area contributed by atoms with Crippen molar-refractivity contribution >= 4 is 0 Å². The summed E-state index contributed by atoms with van der Waals surface area (Å²) in [6.07, 6.45) is 2.43. The Morgan fingerprint density at radius 1 is 1.20 bits per heavy atom. The minimum absolute atomic E-state index is 0.384. The highest BCUT2D eigenvalue weighted by Crippen LogP contribution is 2.15. The SMILES string of the molecule is CCC(CC)CNCc1ccccc1O. The lowest BCUT2D eigenvalue weighted by molar-refractivity contribution is 0.437. The molecule has 0 saturated carbocycles. The van der Waals surface area contributed by atoms with Gasteiger partial charge in [0.15, 0.2) is 0 Å². The maximum Gasteiger partial charge on any atom is 0.120 e. The fraction of sp³-hybridized carbons (Fsp3) is 0.538. The van der Waals surface area contributed by atoms with Crippen LogP contribution in [-0.4, -0.2) is 11.7 Å². The first-order valence-electron chi connectivity index (χ1n) is 5.75. The smallest absolute Gasteiger partial charge is 0.120 e. The van der Waals surface area contributed by atoms with Crippen LogP contribution in [0.15, 0.2) is 24.3 Å². The van der Waals surface area contributed by atoms with Crippen molar-refractivity contribution in [2.24, 2.45) is 5.92 Å². The maximum absolute atomic E-state index is 9.55. The Kier molecular flexibility index (Phi) is 5.19. The predicted octanol–water partition coefficient (Wildman–Crippen LogP) is 2.92.